The number of hydrogen-bond acceptors (Lipinski definition) is 3. The lowest BCUT2D eigenvalue weighted by atomic mass is 9.92. The van der Waals surface area contributed by atoms with Crippen molar-refractivity contribution >= 4 is 0 Å². The van der Waals surface area contributed by atoms with Crippen LogP contribution in [0.15, 0.2) is 0 Å². The smallest absolute Gasteiger partial charge is 0.0643 e. The van der Waals surface area contributed by atoms with Gasteiger partial charge in [-0.25, -0.2) is 0 Å². The van der Waals surface area contributed by atoms with Crippen molar-refractivity contribution in [1.29, 1.82) is 0 Å². The lowest BCUT2D eigenvalue weighted by Gasteiger charge is -2.28. The highest BCUT2D eigenvalue weighted by Gasteiger charge is 2.33. The van der Waals surface area contributed by atoms with Crippen LogP contribution in [0.4, 0.5) is 0 Å². The Morgan fingerprint density at radius 2 is 1.80 bits per heavy atom. The standard InChI is InChI=1S/C12H23NO2/c1-12(2)7-10(8-15-12)13-9-3-5-11(14)6-4-9/h9-11,13-14H,3-8H2,1-2H3. The van der Waals surface area contributed by atoms with Gasteiger partial charge in [0, 0.05) is 12.1 Å². The SMILES string of the molecule is CC1(C)CC(NC2CCC(O)CC2)CO1. The van der Waals surface area contributed by atoms with Gasteiger partial charge in [0.25, 0.3) is 0 Å². The van der Waals surface area contributed by atoms with Crippen molar-refractivity contribution in [1.82, 2.24) is 5.32 Å². The minimum Gasteiger partial charge on any atom is -0.393 e. The molecule has 1 aliphatic heterocycles. The van der Waals surface area contributed by atoms with Crippen LogP contribution in [-0.4, -0.2) is 35.5 Å². The molecule has 2 N–H and O–H groups in total. The van der Waals surface area contributed by atoms with Crippen LogP contribution in [0.25, 0.3) is 0 Å². The summed E-state index contributed by atoms with van der Waals surface area (Å²) in [6, 6.07) is 1.11. The van der Waals surface area contributed by atoms with E-state index in [0.717, 1.165) is 38.7 Å². The van der Waals surface area contributed by atoms with Crippen LogP contribution in [0.3, 0.4) is 0 Å². The van der Waals surface area contributed by atoms with Gasteiger partial charge in [-0.1, -0.05) is 0 Å². The Balaban J connectivity index is 1.74. The summed E-state index contributed by atoms with van der Waals surface area (Å²) in [5.74, 6) is 0. The number of hydrogen-bond donors (Lipinski definition) is 2. The third kappa shape index (κ3) is 3.16. The van der Waals surface area contributed by atoms with Crippen molar-refractivity contribution in [3.05, 3.63) is 0 Å². The fourth-order valence-corrected chi connectivity index (χ4v) is 2.72. The predicted octanol–water partition coefficient (Wildman–Crippen LogP) is 1.45. The van der Waals surface area contributed by atoms with Gasteiger partial charge in [0.15, 0.2) is 0 Å². The molecule has 1 aliphatic carbocycles. The average molecular weight is 213 g/mol. The van der Waals surface area contributed by atoms with Gasteiger partial charge in [0.2, 0.25) is 0 Å². The summed E-state index contributed by atoms with van der Waals surface area (Å²) in [5.41, 5.74) is 0.0475. The first kappa shape index (κ1) is 11.4. The second-order valence-electron chi connectivity index (χ2n) is 5.64. The second-order valence-corrected chi connectivity index (χ2v) is 5.64. The van der Waals surface area contributed by atoms with E-state index < -0.39 is 0 Å². The predicted molar refractivity (Wildman–Crippen MR) is 59.8 cm³/mol. The maximum Gasteiger partial charge on any atom is 0.0643 e. The normalized spacial score (nSPS) is 40.6. The molecule has 0 aromatic carbocycles. The first-order chi connectivity index (χ1) is 7.05. The molecule has 0 amide bonds. The fraction of sp³-hybridized carbons (Fsp3) is 1.00. The fourth-order valence-electron chi connectivity index (χ4n) is 2.72. The number of aliphatic hydroxyl groups excluding tert-OH is 1. The molecule has 1 saturated heterocycles. The lowest BCUT2D eigenvalue weighted by Crippen LogP contribution is -2.42. The molecular formula is C12H23NO2. The Bertz CT molecular complexity index is 210. The van der Waals surface area contributed by atoms with Gasteiger partial charge in [-0.05, 0) is 46.0 Å². The van der Waals surface area contributed by atoms with E-state index >= 15 is 0 Å². The Labute approximate surface area is 92.2 Å². The molecule has 0 radical (unpaired) electrons. The van der Waals surface area contributed by atoms with Gasteiger partial charge in [-0.2, -0.15) is 0 Å². The summed E-state index contributed by atoms with van der Waals surface area (Å²) >= 11 is 0. The van der Waals surface area contributed by atoms with Gasteiger partial charge in [0.05, 0.1) is 18.3 Å². The van der Waals surface area contributed by atoms with E-state index in [0.29, 0.717) is 12.1 Å². The minimum absolute atomic E-state index is 0.0475. The van der Waals surface area contributed by atoms with E-state index in [1.54, 1.807) is 0 Å². The average Bonchev–Trinajstić information content (AvgIpc) is 2.50. The van der Waals surface area contributed by atoms with Crippen molar-refractivity contribution in [2.24, 2.45) is 0 Å². The Kier molecular flexibility index (Phi) is 3.33. The van der Waals surface area contributed by atoms with Crippen molar-refractivity contribution < 1.29 is 9.84 Å². The molecule has 15 heavy (non-hydrogen) atoms. The quantitative estimate of drug-likeness (QED) is 0.729. The topological polar surface area (TPSA) is 41.5 Å². The highest BCUT2D eigenvalue weighted by molar-refractivity contribution is 4.88. The van der Waals surface area contributed by atoms with Crippen molar-refractivity contribution in [3.8, 4) is 0 Å². The maximum atomic E-state index is 9.42. The molecule has 2 rings (SSSR count). The van der Waals surface area contributed by atoms with Crippen LogP contribution in [-0.2, 0) is 4.74 Å². The van der Waals surface area contributed by atoms with Crippen LogP contribution >= 0.6 is 0 Å². The zero-order valence-electron chi connectivity index (χ0n) is 9.83. The molecule has 3 nitrogen and oxygen atoms in total. The van der Waals surface area contributed by atoms with E-state index in [9.17, 15) is 5.11 Å². The summed E-state index contributed by atoms with van der Waals surface area (Å²) in [4.78, 5) is 0. The molecule has 1 unspecified atom stereocenters. The highest BCUT2D eigenvalue weighted by Crippen LogP contribution is 2.26. The van der Waals surface area contributed by atoms with E-state index in [2.05, 4.69) is 19.2 Å². The second kappa shape index (κ2) is 4.40. The summed E-state index contributed by atoms with van der Waals surface area (Å²) < 4.78 is 5.70. The Hall–Kier alpha value is -0.120. The molecule has 1 saturated carbocycles. The monoisotopic (exact) mass is 213 g/mol. The van der Waals surface area contributed by atoms with Gasteiger partial charge < -0.3 is 15.2 Å². The van der Waals surface area contributed by atoms with Gasteiger partial charge >= 0.3 is 0 Å². The van der Waals surface area contributed by atoms with E-state index in [4.69, 9.17) is 4.74 Å². The van der Waals surface area contributed by atoms with Gasteiger partial charge in [0.1, 0.15) is 0 Å². The number of ether oxygens (including phenoxy) is 1. The molecule has 1 heterocycles. The van der Waals surface area contributed by atoms with E-state index in [1.807, 2.05) is 0 Å². The van der Waals surface area contributed by atoms with Crippen LogP contribution in [0, 0.1) is 0 Å². The summed E-state index contributed by atoms with van der Waals surface area (Å²) in [6.07, 6.45) is 5.17. The molecule has 0 aromatic rings. The number of aliphatic hydroxyl groups is 1. The largest absolute Gasteiger partial charge is 0.393 e. The van der Waals surface area contributed by atoms with Crippen molar-refractivity contribution in [2.45, 2.75) is 69.7 Å². The summed E-state index contributed by atoms with van der Waals surface area (Å²) in [6.45, 7) is 5.14. The molecule has 2 fully saturated rings. The number of nitrogens with one attached hydrogen (secondary N) is 1. The molecule has 2 aliphatic rings. The molecular weight excluding hydrogens is 190 g/mol. The third-order valence-electron chi connectivity index (χ3n) is 3.58. The highest BCUT2D eigenvalue weighted by atomic mass is 16.5. The molecule has 0 bridgehead atoms. The van der Waals surface area contributed by atoms with Crippen molar-refractivity contribution in [3.63, 3.8) is 0 Å². The minimum atomic E-state index is -0.0562. The van der Waals surface area contributed by atoms with E-state index in [1.165, 1.54) is 0 Å². The molecule has 0 spiro atoms. The zero-order chi connectivity index (χ0) is 10.9. The zero-order valence-corrected chi connectivity index (χ0v) is 9.83. The van der Waals surface area contributed by atoms with Crippen LogP contribution in [0.1, 0.15) is 46.0 Å². The summed E-state index contributed by atoms with van der Waals surface area (Å²) in [5, 5.41) is 13.1. The van der Waals surface area contributed by atoms with Crippen LogP contribution in [0.5, 0.6) is 0 Å². The Morgan fingerprint density at radius 3 is 2.33 bits per heavy atom. The molecule has 3 heteroatoms. The van der Waals surface area contributed by atoms with Gasteiger partial charge in [-0.3, -0.25) is 0 Å². The van der Waals surface area contributed by atoms with Crippen molar-refractivity contribution in [2.75, 3.05) is 6.61 Å². The molecule has 1 atom stereocenters. The Morgan fingerprint density at radius 1 is 1.13 bits per heavy atom. The maximum absolute atomic E-state index is 9.42. The first-order valence-corrected chi connectivity index (χ1v) is 6.13. The van der Waals surface area contributed by atoms with Crippen LogP contribution in [0.2, 0.25) is 0 Å². The number of rotatable bonds is 2. The summed E-state index contributed by atoms with van der Waals surface area (Å²) in [7, 11) is 0. The lowest BCUT2D eigenvalue weighted by molar-refractivity contribution is 0.0353. The third-order valence-corrected chi connectivity index (χ3v) is 3.58. The molecule has 88 valence electrons. The van der Waals surface area contributed by atoms with E-state index in [-0.39, 0.29) is 11.7 Å². The first-order valence-electron chi connectivity index (χ1n) is 6.13. The van der Waals surface area contributed by atoms with Crippen LogP contribution < -0.4 is 5.32 Å². The van der Waals surface area contributed by atoms with Gasteiger partial charge in [-0.15, -0.1) is 0 Å². The molecule has 0 aromatic heterocycles.